The Hall–Kier alpha value is -3.73. The Morgan fingerprint density at radius 3 is 2.80 bits per heavy atom. The second-order valence-corrected chi connectivity index (χ2v) is 7.56. The molecular formula is C19H21N9O2. The van der Waals surface area contributed by atoms with Crippen molar-refractivity contribution in [3.05, 3.63) is 35.9 Å². The maximum Gasteiger partial charge on any atom is 0.254 e. The molecule has 1 aliphatic heterocycles. The number of carbonyl (C=O) groups excluding carboxylic acids is 1. The molecule has 1 aromatic carbocycles. The highest BCUT2D eigenvalue weighted by molar-refractivity contribution is 5.97. The number of amides is 1. The number of aromatic nitrogens is 6. The van der Waals surface area contributed by atoms with Crippen molar-refractivity contribution in [2.45, 2.75) is 19.1 Å². The fraction of sp³-hybridized carbons (Fsp3) is 0.316. The van der Waals surface area contributed by atoms with Crippen LogP contribution in [0, 0.1) is 6.92 Å². The lowest BCUT2D eigenvalue weighted by atomic mass is 10.1. The van der Waals surface area contributed by atoms with Crippen LogP contribution in [0.3, 0.4) is 0 Å². The fourth-order valence-corrected chi connectivity index (χ4v) is 4.04. The van der Waals surface area contributed by atoms with Crippen LogP contribution >= 0.6 is 0 Å². The predicted molar refractivity (Wildman–Crippen MR) is 111 cm³/mol. The van der Waals surface area contributed by atoms with E-state index in [-0.39, 0.29) is 24.2 Å². The largest absolute Gasteiger partial charge is 0.389 e. The van der Waals surface area contributed by atoms with Gasteiger partial charge in [-0.25, -0.2) is 9.97 Å². The molecule has 0 radical (unpaired) electrons. The smallest absolute Gasteiger partial charge is 0.254 e. The van der Waals surface area contributed by atoms with E-state index >= 15 is 0 Å². The average molecular weight is 407 g/mol. The van der Waals surface area contributed by atoms with Gasteiger partial charge in [-0.2, -0.15) is 9.97 Å². The summed E-state index contributed by atoms with van der Waals surface area (Å²) >= 11 is 0. The molecule has 0 unspecified atom stereocenters. The van der Waals surface area contributed by atoms with E-state index in [1.807, 2.05) is 24.6 Å². The normalized spacial score (nSPS) is 19.2. The average Bonchev–Trinajstić information content (AvgIpc) is 3.37. The highest BCUT2D eigenvalue weighted by atomic mass is 16.3. The Morgan fingerprint density at radius 2 is 2.00 bits per heavy atom. The minimum absolute atomic E-state index is 0.0288. The number of nitrogens with zero attached hydrogens (tertiary/aromatic N) is 7. The summed E-state index contributed by atoms with van der Waals surface area (Å²) in [6, 6.07) is 5.03. The Labute approximate surface area is 171 Å². The monoisotopic (exact) mass is 407 g/mol. The van der Waals surface area contributed by atoms with Crippen molar-refractivity contribution in [2.75, 3.05) is 24.6 Å². The van der Waals surface area contributed by atoms with Crippen molar-refractivity contribution in [3.63, 3.8) is 0 Å². The first-order chi connectivity index (χ1) is 14.3. The van der Waals surface area contributed by atoms with Crippen molar-refractivity contribution < 1.29 is 9.90 Å². The van der Waals surface area contributed by atoms with Gasteiger partial charge in [-0.05, 0) is 25.1 Å². The van der Waals surface area contributed by atoms with Crippen LogP contribution < -0.4 is 11.5 Å². The van der Waals surface area contributed by atoms with Gasteiger partial charge >= 0.3 is 0 Å². The number of carbonyl (C=O) groups is 1. The first kappa shape index (κ1) is 18.3. The predicted octanol–water partition coefficient (Wildman–Crippen LogP) is 0.244. The van der Waals surface area contributed by atoms with Gasteiger partial charge in [0, 0.05) is 25.7 Å². The quantitative estimate of drug-likeness (QED) is 0.427. The van der Waals surface area contributed by atoms with E-state index in [1.54, 1.807) is 27.9 Å². The van der Waals surface area contributed by atoms with Crippen molar-refractivity contribution >= 4 is 39.9 Å². The summed E-state index contributed by atoms with van der Waals surface area (Å²) in [4.78, 5) is 31.6. The van der Waals surface area contributed by atoms with Crippen LogP contribution in [0.15, 0.2) is 24.5 Å². The SMILES string of the molecule is Cc1nc2cc(C(=O)N3C[C@H](O)[C@@H](n4cnc5c(N)nc(N)nc54)C3)ccc2n1C. The number of nitrogens with two attached hydrogens (primary N) is 2. The van der Waals surface area contributed by atoms with Crippen LogP contribution in [-0.2, 0) is 7.05 Å². The number of imidazole rings is 2. The molecule has 5 N–H and O–H groups in total. The van der Waals surface area contributed by atoms with E-state index in [1.165, 1.54) is 0 Å². The molecule has 0 aliphatic carbocycles. The van der Waals surface area contributed by atoms with E-state index in [2.05, 4.69) is 19.9 Å². The molecule has 11 heteroatoms. The number of aliphatic hydroxyl groups excluding tert-OH is 1. The third kappa shape index (κ3) is 2.66. The molecule has 30 heavy (non-hydrogen) atoms. The molecular weight excluding hydrogens is 386 g/mol. The number of likely N-dealkylation sites (tertiary alicyclic amines) is 1. The minimum atomic E-state index is -0.787. The zero-order valence-electron chi connectivity index (χ0n) is 16.5. The van der Waals surface area contributed by atoms with Gasteiger partial charge in [0.2, 0.25) is 5.95 Å². The Kier molecular flexibility index (Phi) is 3.90. The van der Waals surface area contributed by atoms with Crippen LogP contribution in [-0.4, -0.2) is 64.2 Å². The van der Waals surface area contributed by atoms with Crippen LogP contribution in [0.4, 0.5) is 11.8 Å². The number of rotatable bonds is 2. The lowest BCUT2D eigenvalue weighted by molar-refractivity contribution is 0.0765. The van der Waals surface area contributed by atoms with E-state index in [0.29, 0.717) is 23.3 Å². The van der Waals surface area contributed by atoms with E-state index in [9.17, 15) is 9.90 Å². The zero-order chi connectivity index (χ0) is 21.2. The Bertz CT molecular complexity index is 1310. The number of hydrogen-bond acceptors (Lipinski definition) is 8. The number of hydrogen-bond donors (Lipinski definition) is 3. The molecule has 0 spiro atoms. The summed E-state index contributed by atoms with van der Waals surface area (Å²) in [6.07, 6.45) is 0.754. The highest BCUT2D eigenvalue weighted by Crippen LogP contribution is 2.28. The van der Waals surface area contributed by atoms with Crippen molar-refractivity contribution in [3.8, 4) is 0 Å². The molecule has 5 rings (SSSR count). The van der Waals surface area contributed by atoms with Crippen LogP contribution in [0.25, 0.3) is 22.2 Å². The van der Waals surface area contributed by atoms with E-state index < -0.39 is 12.1 Å². The maximum absolute atomic E-state index is 13.1. The number of nitrogen functional groups attached to an aromatic ring is 2. The van der Waals surface area contributed by atoms with Gasteiger partial charge in [-0.3, -0.25) is 4.79 Å². The van der Waals surface area contributed by atoms with Gasteiger partial charge in [0.15, 0.2) is 11.5 Å². The molecule has 0 saturated carbocycles. The standard InChI is InChI=1S/C19H21N9O2/c1-9-23-11-5-10(3-4-12(11)26(9)2)18(30)27-6-13(14(29)7-27)28-8-22-15-16(20)24-19(21)25-17(15)28/h3-5,8,13-14,29H,6-7H2,1-2H3,(H4,20,21,24,25)/t13-,14-/m0/s1. The summed E-state index contributed by atoms with van der Waals surface area (Å²) in [5.74, 6) is 0.912. The summed E-state index contributed by atoms with van der Waals surface area (Å²) in [5, 5.41) is 10.7. The molecule has 154 valence electrons. The van der Waals surface area contributed by atoms with Gasteiger partial charge in [-0.15, -0.1) is 0 Å². The first-order valence-electron chi connectivity index (χ1n) is 9.49. The second-order valence-electron chi connectivity index (χ2n) is 7.56. The zero-order valence-corrected chi connectivity index (χ0v) is 16.5. The molecule has 0 bridgehead atoms. The molecule has 2 atom stereocenters. The molecule has 1 fully saturated rings. The molecule has 11 nitrogen and oxygen atoms in total. The number of aryl methyl sites for hydroxylation is 2. The van der Waals surface area contributed by atoms with Gasteiger partial charge in [-0.1, -0.05) is 0 Å². The molecule has 3 aromatic heterocycles. The summed E-state index contributed by atoms with van der Waals surface area (Å²) in [5.41, 5.74) is 14.7. The lowest BCUT2D eigenvalue weighted by Crippen LogP contribution is -2.29. The molecule has 1 amide bonds. The summed E-state index contributed by atoms with van der Waals surface area (Å²) < 4.78 is 3.68. The van der Waals surface area contributed by atoms with Gasteiger partial charge < -0.3 is 30.6 Å². The first-order valence-corrected chi connectivity index (χ1v) is 9.49. The third-order valence-electron chi connectivity index (χ3n) is 5.72. The number of aliphatic hydroxyl groups is 1. The summed E-state index contributed by atoms with van der Waals surface area (Å²) in [6.45, 7) is 2.41. The number of fused-ring (bicyclic) bond motifs is 2. The number of benzene rings is 1. The highest BCUT2D eigenvalue weighted by Gasteiger charge is 2.36. The van der Waals surface area contributed by atoms with Gasteiger partial charge in [0.05, 0.1) is 29.5 Å². The van der Waals surface area contributed by atoms with Crippen molar-refractivity contribution in [2.24, 2.45) is 7.05 Å². The van der Waals surface area contributed by atoms with Crippen molar-refractivity contribution in [1.29, 1.82) is 0 Å². The minimum Gasteiger partial charge on any atom is -0.389 e. The van der Waals surface area contributed by atoms with Crippen LogP contribution in [0.5, 0.6) is 0 Å². The van der Waals surface area contributed by atoms with Crippen molar-refractivity contribution in [1.82, 2.24) is 34.0 Å². The van der Waals surface area contributed by atoms with E-state index in [4.69, 9.17) is 11.5 Å². The maximum atomic E-state index is 13.1. The lowest BCUT2D eigenvalue weighted by Gasteiger charge is -2.17. The Balaban J connectivity index is 1.45. The topological polar surface area (TPSA) is 154 Å². The molecule has 1 aliphatic rings. The Morgan fingerprint density at radius 1 is 1.20 bits per heavy atom. The molecule has 1 saturated heterocycles. The third-order valence-corrected chi connectivity index (χ3v) is 5.72. The summed E-state index contributed by atoms with van der Waals surface area (Å²) in [7, 11) is 1.94. The number of β-amino-alcohol motifs (C(OH)–C–C–N with tert-alkyl or cyclic N) is 1. The van der Waals surface area contributed by atoms with Gasteiger partial charge in [0.25, 0.3) is 5.91 Å². The van der Waals surface area contributed by atoms with Crippen LogP contribution in [0.2, 0.25) is 0 Å². The van der Waals surface area contributed by atoms with E-state index in [0.717, 1.165) is 16.9 Å². The second kappa shape index (κ2) is 6.39. The van der Waals surface area contributed by atoms with Gasteiger partial charge in [0.1, 0.15) is 11.3 Å². The molecule has 4 aromatic rings. The number of anilines is 2. The fourth-order valence-electron chi connectivity index (χ4n) is 4.04. The van der Waals surface area contributed by atoms with Crippen LogP contribution in [0.1, 0.15) is 22.2 Å². The molecule has 4 heterocycles.